The first-order chi connectivity index (χ1) is 8.60. The molecule has 5 heteroatoms. The average Bonchev–Trinajstić information content (AvgIpc) is 2.36. The summed E-state index contributed by atoms with van der Waals surface area (Å²) in [6.45, 7) is 3.69. The number of nitrogens with one attached hydrogen (secondary N) is 1. The predicted molar refractivity (Wildman–Crippen MR) is 72.8 cm³/mol. The Balaban J connectivity index is 2.27. The fraction of sp³-hybridized carbons (Fsp3) is 0.231. The van der Waals surface area contributed by atoms with Gasteiger partial charge in [0.25, 0.3) is 0 Å². The van der Waals surface area contributed by atoms with Crippen molar-refractivity contribution in [1.29, 1.82) is 0 Å². The first kappa shape index (κ1) is 12.6. The van der Waals surface area contributed by atoms with E-state index in [1.54, 1.807) is 7.11 Å². The van der Waals surface area contributed by atoms with Gasteiger partial charge in [-0.3, -0.25) is 0 Å². The molecule has 1 aromatic heterocycles. The fourth-order valence-electron chi connectivity index (χ4n) is 1.53. The summed E-state index contributed by atoms with van der Waals surface area (Å²) in [5.41, 5.74) is 1.76. The smallest absolute Gasteiger partial charge is 0.138 e. The van der Waals surface area contributed by atoms with E-state index in [2.05, 4.69) is 15.3 Å². The molecule has 0 aliphatic rings. The molecule has 1 aromatic carbocycles. The molecule has 1 N–H and O–H groups in total. The summed E-state index contributed by atoms with van der Waals surface area (Å²) < 4.78 is 5.11. The first-order valence-corrected chi connectivity index (χ1v) is 5.90. The zero-order chi connectivity index (χ0) is 13.1. The molecule has 0 aliphatic carbocycles. The summed E-state index contributed by atoms with van der Waals surface area (Å²) in [4.78, 5) is 8.43. The Morgan fingerprint density at radius 3 is 2.39 bits per heavy atom. The van der Waals surface area contributed by atoms with Gasteiger partial charge in [-0.25, -0.2) is 9.97 Å². The molecule has 94 valence electrons. The Bertz CT molecular complexity index is 555. The Labute approximate surface area is 111 Å². The molecular weight excluding hydrogens is 250 g/mol. The van der Waals surface area contributed by atoms with E-state index in [4.69, 9.17) is 16.3 Å². The highest BCUT2D eigenvalue weighted by Crippen LogP contribution is 2.24. The molecule has 1 heterocycles. The molecule has 0 saturated carbocycles. The number of benzene rings is 1. The largest absolute Gasteiger partial charge is 0.497 e. The van der Waals surface area contributed by atoms with Crippen molar-refractivity contribution in [3.05, 3.63) is 40.8 Å². The van der Waals surface area contributed by atoms with Gasteiger partial charge in [-0.15, -0.1) is 0 Å². The number of methoxy groups -OCH3 is 1. The number of aryl methyl sites for hydroxylation is 1. The van der Waals surface area contributed by atoms with Crippen LogP contribution >= 0.6 is 11.6 Å². The van der Waals surface area contributed by atoms with Crippen molar-refractivity contribution >= 4 is 23.1 Å². The first-order valence-electron chi connectivity index (χ1n) is 5.52. The lowest BCUT2D eigenvalue weighted by atomic mass is 10.3. The Morgan fingerprint density at radius 2 is 1.78 bits per heavy atom. The number of hydrogen-bond acceptors (Lipinski definition) is 4. The number of ether oxygens (including phenoxy) is 1. The Morgan fingerprint density at radius 1 is 1.11 bits per heavy atom. The second kappa shape index (κ2) is 5.23. The second-order valence-electron chi connectivity index (χ2n) is 3.89. The molecule has 0 radical (unpaired) electrons. The Kier molecular flexibility index (Phi) is 3.67. The minimum atomic E-state index is 0.471. The van der Waals surface area contributed by atoms with Crippen molar-refractivity contribution in [3.63, 3.8) is 0 Å². The van der Waals surface area contributed by atoms with E-state index < -0.39 is 0 Å². The van der Waals surface area contributed by atoms with Crippen LogP contribution in [0.15, 0.2) is 24.3 Å². The van der Waals surface area contributed by atoms with Gasteiger partial charge in [-0.2, -0.15) is 0 Å². The monoisotopic (exact) mass is 263 g/mol. The standard InChI is InChI=1S/C13H14ClN3O/c1-8-12(14)15-9(2)16-13(8)17-10-4-6-11(18-3)7-5-10/h4-7H,1-3H3,(H,15,16,17). The van der Waals surface area contributed by atoms with E-state index in [-0.39, 0.29) is 0 Å². The minimum Gasteiger partial charge on any atom is -0.497 e. The SMILES string of the molecule is COc1ccc(Nc2nc(C)nc(Cl)c2C)cc1. The molecular formula is C13H14ClN3O. The summed E-state index contributed by atoms with van der Waals surface area (Å²) in [7, 11) is 1.64. The maximum atomic E-state index is 6.02. The number of rotatable bonds is 3. The minimum absolute atomic E-state index is 0.471. The molecule has 0 fully saturated rings. The number of aromatic nitrogens is 2. The number of hydrogen-bond donors (Lipinski definition) is 1. The average molecular weight is 264 g/mol. The van der Waals surface area contributed by atoms with Crippen molar-refractivity contribution in [1.82, 2.24) is 9.97 Å². The molecule has 18 heavy (non-hydrogen) atoms. The summed E-state index contributed by atoms with van der Waals surface area (Å²) >= 11 is 6.02. The van der Waals surface area contributed by atoms with Crippen molar-refractivity contribution in [2.45, 2.75) is 13.8 Å². The molecule has 2 rings (SSSR count). The maximum Gasteiger partial charge on any atom is 0.138 e. The zero-order valence-corrected chi connectivity index (χ0v) is 11.2. The van der Waals surface area contributed by atoms with Crippen LogP contribution in [0.25, 0.3) is 0 Å². The van der Waals surface area contributed by atoms with E-state index in [9.17, 15) is 0 Å². The van der Waals surface area contributed by atoms with E-state index in [0.29, 0.717) is 11.0 Å². The second-order valence-corrected chi connectivity index (χ2v) is 4.25. The topological polar surface area (TPSA) is 47.0 Å². The van der Waals surface area contributed by atoms with Gasteiger partial charge in [-0.1, -0.05) is 11.6 Å². The van der Waals surface area contributed by atoms with Crippen LogP contribution in [-0.4, -0.2) is 17.1 Å². The van der Waals surface area contributed by atoms with E-state index >= 15 is 0 Å². The van der Waals surface area contributed by atoms with Gasteiger partial charge in [0.1, 0.15) is 22.5 Å². The lowest BCUT2D eigenvalue weighted by Crippen LogP contribution is -2.01. The van der Waals surface area contributed by atoms with Crippen LogP contribution in [0.1, 0.15) is 11.4 Å². The number of nitrogens with zero attached hydrogens (tertiary/aromatic N) is 2. The quantitative estimate of drug-likeness (QED) is 0.861. The molecule has 0 atom stereocenters. The van der Waals surface area contributed by atoms with Gasteiger partial charge in [0, 0.05) is 11.3 Å². The van der Waals surface area contributed by atoms with Crippen LogP contribution in [0.3, 0.4) is 0 Å². The van der Waals surface area contributed by atoms with Crippen LogP contribution in [-0.2, 0) is 0 Å². The molecule has 0 spiro atoms. The number of anilines is 2. The highest BCUT2D eigenvalue weighted by Gasteiger charge is 2.07. The number of halogens is 1. The molecule has 0 amide bonds. The third-order valence-corrected chi connectivity index (χ3v) is 2.92. The van der Waals surface area contributed by atoms with Crippen molar-refractivity contribution in [3.8, 4) is 5.75 Å². The van der Waals surface area contributed by atoms with Crippen molar-refractivity contribution in [2.75, 3.05) is 12.4 Å². The molecule has 0 bridgehead atoms. The van der Waals surface area contributed by atoms with Gasteiger partial charge in [-0.05, 0) is 38.1 Å². The van der Waals surface area contributed by atoms with Crippen LogP contribution in [0, 0.1) is 13.8 Å². The van der Waals surface area contributed by atoms with Gasteiger partial charge in [0.05, 0.1) is 7.11 Å². The third kappa shape index (κ3) is 2.71. The Hall–Kier alpha value is -1.81. The van der Waals surface area contributed by atoms with Crippen molar-refractivity contribution < 1.29 is 4.74 Å². The summed E-state index contributed by atoms with van der Waals surface area (Å²) in [6.07, 6.45) is 0. The maximum absolute atomic E-state index is 6.02. The highest BCUT2D eigenvalue weighted by molar-refractivity contribution is 6.30. The van der Waals surface area contributed by atoms with E-state index in [1.807, 2.05) is 38.1 Å². The summed E-state index contributed by atoms with van der Waals surface area (Å²) in [5, 5.41) is 3.68. The van der Waals surface area contributed by atoms with Crippen LogP contribution < -0.4 is 10.1 Å². The molecule has 0 unspecified atom stereocenters. The van der Waals surface area contributed by atoms with Crippen LogP contribution in [0.4, 0.5) is 11.5 Å². The molecule has 2 aromatic rings. The third-order valence-electron chi connectivity index (χ3n) is 2.55. The molecule has 0 aliphatic heterocycles. The lowest BCUT2D eigenvalue weighted by molar-refractivity contribution is 0.415. The van der Waals surface area contributed by atoms with E-state index in [1.165, 1.54) is 0 Å². The summed E-state index contributed by atoms with van der Waals surface area (Å²) in [5.74, 6) is 2.17. The summed E-state index contributed by atoms with van der Waals surface area (Å²) in [6, 6.07) is 7.61. The highest BCUT2D eigenvalue weighted by atomic mass is 35.5. The molecule has 4 nitrogen and oxygen atoms in total. The van der Waals surface area contributed by atoms with Crippen LogP contribution in [0.5, 0.6) is 5.75 Å². The van der Waals surface area contributed by atoms with E-state index in [0.717, 1.165) is 22.8 Å². The van der Waals surface area contributed by atoms with Crippen molar-refractivity contribution in [2.24, 2.45) is 0 Å². The normalized spacial score (nSPS) is 10.2. The fourth-order valence-corrected chi connectivity index (χ4v) is 1.74. The lowest BCUT2D eigenvalue weighted by Gasteiger charge is -2.10. The zero-order valence-electron chi connectivity index (χ0n) is 10.5. The van der Waals surface area contributed by atoms with Crippen LogP contribution in [0.2, 0.25) is 5.15 Å². The predicted octanol–water partition coefficient (Wildman–Crippen LogP) is 3.50. The van der Waals surface area contributed by atoms with Gasteiger partial charge in [0.2, 0.25) is 0 Å². The molecule has 0 saturated heterocycles. The van der Waals surface area contributed by atoms with Gasteiger partial charge in [0.15, 0.2) is 0 Å². The van der Waals surface area contributed by atoms with Gasteiger partial charge < -0.3 is 10.1 Å². The van der Waals surface area contributed by atoms with Gasteiger partial charge >= 0.3 is 0 Å².